The van der Waals surface area contributed by atoms with Gasteiger partial charge in [0.25, 0.3) is 5.91 Å². The van der Waals surface area contributed by atoms with E-state index in [4.69, 9.17) is 5.73 Å². The lowest BCUT2D eigenvalue weighted by Crippen LogP contribution is -2.14. The summed E-state index contributed by atoms with van der Waals surface area (Å²) in [6.45, 7) is 1.52. The first kappa shape index (κ1) is 6.40. The van der Waals surface area contributed by atoms with Crippen LogP contribution in [0.15, 0.2) is 0 Å². The number of carbonyl (C=O) groups is 1. The minimum atomic E-state index is -1.57. The van der Waals surface area contributed by atoms with Crippen molar-refractivity contribution in [2.24, 2.45) is 0 Å². The third kappa shape index (κ3) is 2.14. The Morgan fingerprint density at radius 2 is 2.43 bits per heavy atom. The van der Waals surface area contributed by atoms with Gasteiger partial charge in [0.1, 0.15) is 0 Å². The minimum Gasteiger partial charge on any atom is -0.270 e. The zero-order valence-electron chi connectivity index (χ0n) is 4.07. The van der Waals surface area contributed by atoms with E-state index in [2.05, 4.69) is 0 Å². The fourth-order valence-electron chi connectivity index (χ4n) is 0.185. The molecule has 0 fully saturated rings. The van der Waals surface area contributed by atoms with Crippen LogP contribution in [0.4, 0.5) is 4.39 Å². The molecule has 2 nitrogen and oxygen atoms in total. The first-order valence-electron chi connectivity index (χ1n) is 2.08. The number of hydrogen-bond donors (Lipinski definition) is 0. The fraction of sp³-hybridized carbons (Fsp3) is 0.750. The molecule has 0 aliphatic heterocycles. The van der Waals surface area contributed by atoms with Crippen LogP contribution < -0.4 is 5.73 Å². The van der Waals surface area contributed by atoms with Crippen molar-refractivity contribution in [1.29, 1.82) is 0 Å². The van der Waals surface area contributed by atoms with Crippen LogP contribution in [0.25, 0.3) is 0 Å². The zero-order chi connectivity index (χ0) is 5.86. The molecule has 0 spiro atoms. The van der Waals surface area contributed by atoms with Crippen LogP contribution in [0.2, 0.25) is 0 Å². The van der Waals surface area contributed by atoms with Crippen LogP contribution >= 0.6 is 0 Å². The highest BCUT2D eigenvalue weighted by Gasteiger charge is 2.08. The Morgan fingerprint density at radius 1 is 2.00 bits per heavy atom. The van der Waals surface area contributed by atoms with E-state index >= 15 is 0 Å². The Balaban J connectivity index is 3.34. The number of alkyl halides is 1. The Morgan fingerprint density at radius 3 is 2.43 bits per heavy atom. The van der Waals surface area contributed by atoms with Gasteiger partial charge in [0, 0.05) is 0 Å². The lowest BCUT2D eigenvalue weighted by molar-refractivity contribution is -0.123. The first-order valence-corrected chi connectivity index (χ1v) is 2.08. The van der Waals surface area contributed by atoms with E-state index in [9.17, 15) is 9.18 Å². The molecule has 1 amide bonds. The number of rotatable bonds is 2. The number of amides is 1. The van der Waals surface area contributed by atoms with Crippen molar-refractivity contribution in [3.05, 3.63) is 0 Å². The summed E-state index contributed by atoms with van der Waals surface area (Å²) in [6, 6.07) is 0. The molecule has 0 aromatic rings. The molecule has 0 aliphatic rings. The normalized spacial score (nSPS) is 13.4. The highest BCUT2D eigenvalue weighted by atomic mass is 19.1. The number of nitrogens with one attached hydrogen (secondary N) is 1. The van der Waals surface area contributed by atoms with E-state index in [1.165, 1.54) is 6.92 Å². The summed E-state index contributed by atoms with van der Waals surface area (Å²) in [6.07, 6.45) is -1.46. The molecule has 41 valence electrons. The topological polar surface area (TPSA) is 40.9 Å². The fourth-order valence-corrected chi connectivity index (χ4v) is 0.185. The van der Waals surface area contributed by atoms with Crippen LogP contribution in [-0.4, -0.2) is 12.1 Å². The Hall–Kier alpha value is -0.600. The van der Waals surface area contributed by atoms with Gasteiger partial charge in [0.2, 0.25) is 0 Å². The maximum Gasteiger partial charge on any atom is 0.272 e. The van der Waals surface area contributed by atoms with Crippen molar-refractivity contribution in [1.82, 2.24) is 5.73 Å². The van der Waals surface area contributed by atoms with Crippen LogP contribution in [0.3, 0.4) is 0 Å². The minimum absolute atomic E-state index is 0.113. The number of halogens is 1. The molecule has 0 saturated carbocycles. The van der Waals surface area contributed by atoms with Crippen molar-refractivity contribution in [2.45, 2.75) is 19.5 Å². The second kappa shape index (κ2) is 2.55. The first-order chi connectivity index (χ1) is 3.18. The molecular formula is C4H7FNO. The maximum absolute atomic E-state index is 11.7. The Kier molecular flexibility index (Phi) is 2.33. The highest BCUT2D eigenvalue weighted by Crippen LogP contribution is 1.93. The SMILES string of the molecule is CC[C@H](F)C([NH])=O. The molecule has 7 heavy (non-hydrogen) atoms. The van der Waals surface area contributed by atoms with Gasteiger partial charge in [-0.15, -0.1) is 0 Å². The van der Waals surface area contributed by atoms with Crippen molar-refractivity contribution < 1.29 is 9.18 Å². The van der Waals surface area contributed by atoms with Gasteiger partial charge in [-0.25, -0.2) is 4.39 Å². The number of carbonyl (C=O) groups excluding carboxylic acids is 1. The molecular weight excluding hydrogens is 97.0 g/mol. The predicted molar refractivity (Wildman–Crippen MR) is 23.3 cm³/mol. The monoisotopic (exact) mass is 104 g/mol. The Labute approximate surface area is 41.5 Å². The van der Waals surface area contributed by atoms with E-state index in [0.29, 0.717) is 0 Å². The van der Waals surface area contributed by atoms with Crippen LogP contribution in [0.1, 0.15) is 13.3 Å². The maximum atomic E-state index is 11.7. The molecule has 0 saturated heterocycles. The Bertz CT molecular complexity index is 74.1. The van der Waals surface area contributed by atoms with Gasteiger partial charge in [-0.05, 0) is 6.42 Å². The lowest BCUT2D eigenvalue weighted by Gasteiger charge is -1.92. The molecule has 0 aliphatic carbocycles. The molecule has 1 atom stereocenters. The zero-order valence-corrected chi connectivity index (χ0v) is 4.07. The average molecular weight is 104 g/mol. The van der Waals surface area contributed by atoms with Gasteiger partial charge in [-0.1, -0.05) is 6.92 Å². The van der Waals surface area contributed by atoms with E-state index in [1.54, 1.807) is 0 Å². The van der Waals surface area contributed by atoms with Crippen molar-refractivity contribution in [2.75, 3.05) is 0 Å². The van der Waals surface area contributed by atoms with E-state index in [1.807, 2.05) is 0 Å². The molecule has 1 N–H and O–H groups in total. The van der Waals surface area contributed by atoms with Crippen LogP contribution in [0, 0.1) is 0 Å². The number of hydrogen-bond acceptors (Lipinski definition) is 1. The van der Waals surface area contributed by atoms with Gasteiger partial charge < -0.3 is 0 Å². The molecule has 0 heterocycles. The molecule has 0 aromatic carbocycles. The third-order valence-corrected chi connectivity index (χ3v) is 0.643. The summed E-state index contributed by atoms with van der Waals surface area (Å²) in [7, 11) is 0. The van der Waals surface area contributed by atoms with Crippen molar-refractivity contribution >= 4 is 5.91 Å². The quantitative estimate of drug-likeness (QED) is 0.504. The van der Waals surface area contributed by atoms with Crippen molar-refractivity contribution in [3.63, 3.8) is 0 Å². The molecule has 1 radical (unpaired) electrons. The summed E-state index contributed by atoms with van der Waals surface area (Å²) >= 11 is 0. The summed E-state index contributed by atoms with van der Waals surface area (Å²) in [5, 5.41) is 0. The summed E-state index contributed by atoms with van der Waals surface area (Å²) in [5.41, 5.74) is 6.17. The summed E-state index contributed by atoms with van der Waals surface area (Å²) < 4.78 is 11.7. The van der Waals surface area contributed by atoms with Gasteiger partial charge in [0.15, 0.2) is 6.17 Å². The van der Waals surface area contributed by atoms with Gasteiger partial charge in [-0.3, -0.25) is 10.5 Å². The third-order valence-electron chi connectivity index (χ3n) is 0.643. The molecule has 0 bridgehead atoms. The largest absolute Gasteiger partial charge is 0.272 e. The second-order valence-electron chi connectivity index (χ2n) is 1.24. The average Bonchev–Trinajstić information content (AvgIpc) is 1.65. The van der Waals surface area contributed by atoms with Gasteiger partial charge in [-0.2, -0.15) is 0 Å². The van der Waals surface area contributed by atoms with E-state index in [0.717, 1.165) is 0 Å². The van der Waals surface area contributed by atoms with E-state index < -0.39 is 12.1 Å². The van der Waals surface area contributed by atoms with Gasteiger partial charge in [0.05, 0.1) is 0 Å². The predicted octanol–water partition coefficient (Wildman–Crippen LogP) is 0.544. The smallest absolute Gasteiger partial charge is 0.270 e. The van der Waals surface area contributed by atoms with Crippen LogP contribution in [0.5, 0.6) is 0 Å². The molecule has 0 rings (SSSR count). The standard InChI is InChI=1S/C4H7FNO/c1-2-3(5)4(6)7/h3,6H,2H2,1H3/t3-/m0/s1. The summed E-state index contributed by atoms with van der Waals surface area (Å²) in [5.74, 6) is -1.12. The highest BCUT2D eigenvalue weighted by molar-refractivity contribution is 5.77. The molecule has 3 heteroatoms. The van der Waals surface area contributed by atoms with E-state index in [-0.39, 0.29) is 6.42 Å². The van der Waals surface area contributed by atoms with Crippen LogP contribution in [-0.2, 0) is 4.79 Å². The molecule has 0 aromatic heterocycles. The lowest BCUT2D eigenvalue weighted by atomic mass is 10.3. The van der Waals surface area contributed by atoms with Crippen molar-refractivity contribution in [3.8, 4) is 0 Å². The second-order valence-corrected chi connectivity index (χ2v) is 1.24. The summed E-state index contributed by atoms with van der Waals surface area (Å²) in [4.78, 5) is 9.67. The molecule has 0 unspecified atom stereocenters. The van der Waals surface area contributed by atoms with Gasteiger partial charge >= 0.3 is 0 Å².